The van der Waals surface area contributed by atoms with Crippen LogP contribution in [0.4, 0.5) is 0 Å². The summed E-state index contributed by atoms with van der Waals surface area (Å²) in [6.07, 6.45) is 0. The zero-order valence-corrected chi connectivity index (χ0v) is 7.70. The van der Waals surface area contributed by atoms with Crippen LogP contribution in [0, 0.1) is 0 Å². The average molecular weight is 332 g/mol. The van der Waals surface area contributed by atoms with Gasteiger partial charge in [0.1, 0.15) is 0 Å². The molecule has 2 nitrogen and oxygen atoms in total. The molecule has 4 heteroatoms. The first-order chi connectivity index (χ1) is 1.00. The van der Waals surface area contributed by atoms with Crippen molar-refractivity contribution in [1.82, 2.24) is 0 Å². The predicted octanol–water partition coefficient (Wildman–Crippen LogP) is -0.621. The number of hydrogen-bond donors (Lipinski definition) is 0. The first kappa shape index (κ1) is 17.7. The van der Waals surface area contributed by atoms with Gasteiger partial charge in [0.25, 0.3) is 0 Å². The molecule has 0 unspecified atom stereocenters. The Morgan fingerprint density at radius 2 is 1.25 bits per heavy atom. The van der Waals surface area contributed by atoms with Crippen molar-refractivity contribution < 1.29 is 34.5 Å². The molecule has 2 radical (unpaired) electrons. The van der Waals surface area contributed by atoms with Crippen LogP contribution in [0.25, 0.3) is 0 Å². The third kappa shape index (κ3) is 9.66. The van der Waals surface area contributed by atoms with Crippen molar-refractivity contribution in [2.24, 2.45) is 0 Å². The Morgan fingerprint density at radius 3 is 1.25 bits per heavy atom. The minimum absolute atomic E-state index is 0. The van der Waals surface area contributed by atoms with Gasteiger partial charge in [-0.25, -0.2) is 0 Å². The molecule has 0 N–H and O–H groups in total. The zero-order valence-electron chi connectivity index (χ0n) is 1.76. The first-order valence-corrected chi connectivity index (χ1v) is 1.60. The standard InChI is InChI=1S/Bi.2O.Zr/q+1;;-2;+4. The molecule has 0 aromatic carbocycles. The summed E-state index contributed by atoms with van der Waals surface area (Å²) in [5.74, 6) is 0. The van der Waals surface area contributed by atoms with Crippen LogP contribution < -0.4 is 0 Å². The summed E-state index contributed by atoms with van der Waals surface area (Å²) < 4.78 is 8.36. The molecule has 0 atom stereocenters. The van der Waals surface area contributed by atoms with Crippen LogP contribution in [0.3, 0.4) is 0 Å². The van der Waals surface area contributed by atoms with Gasteiger partial charge in [-0.05, 0) is 0 Å². The maximum absolute atomic E-state index is 8.36. The van der Waals surface area contributed by atoms with Crippen molar-refractivity contribution in [2.75, 3.05) is 0 Å². The Labute approximate surface area is 58.7 Å². The SMILES string of the molecule is [O-2].[O]=[Bi+].[Zr+4]. The van der Waals surface area contributed by atoms with E-state index in [1.165, 1.54) is 0 Å². The van der Waals surface area contributed by atoms with Gasteiger partial charge in [0.15, 0.2) is 0 Å². The van der Waals surface area contributed by atoms with Gasteiger partial charge in [-0.1, -0.05) is 0 Å². The second kappa shape index (κ2) is 24.2. The minimum Gasteiger partial charge on any atom is 4.00 e. The summed E-state index contributed by atoms with van der Waals surface area (Å²) >= 11 is 0.194. The Balaban J connectivity index is -0.00000000500. The van der Waals surface area contributed by atoms with Gasteiger partial charge in [-0.15, -0.1) is 0 Å². The predicted molar refractivity (Wildman–Crippen MR) is 7.13 cm³/mol. The van der Waals surface area contributed by atoms with E-state index in [1.807, 2.05) is 0 Å². The first-order valence-electron chi connectivity index (χ1n) is 0.183. The molecule has 0 aliphatic rings. The summed E-state index contributed by atoms with van der Waals surface area (Å²) in [6, 6.07) is 0. The van der Waals surface area contributed by atoms with E-state index in [1.54, 1.807) is 0 Å². The van der Waals surface area contributed by atoms with Crippen molar-refractivity contribution in [3.05, 3.63) is 0 Å². The summed E-state index contributed by atoms with van der Waals surface area (Å²) in [5.41, 5.74) is 0. The Bertz CT molecular complexity index is 6.00. The average Bonchev–Trinajstić information content (AvgIpc) is 1.00. The second-order valence-electron chi connectivity index (χ2n) is 0. The van der Waals surface area contributed by atoms with Gasteiger partial charge >= 0.3 is 53.7 Å². The smallest absolute Gasteiger partial charge is 4.00 e. The zero-order chi connectivity index (χ0) is 2.00. The van der Waals surface area contributed by atoms with E-state index in [0.29, 0.717) is 0 Å². The molecule has 18 valence electrons. The summed E-state index contributed by atoms with van der Waals surface area (Å²) in [4.78, 5) is 0. The monoisotopic (exact) mass is 331 g/mol. The Morgan fingerprint density at radius 1 is 1.25 bits per heavy atom. The Hall–Kier alpha value is 1.53. The molecule has 0 aromatic heterocycles. The van der Waals surface area contributed by atoms with Gasteiger partial charge in [0.05, 0.1) is 0 Å². The molecule has 0 rings (SSSR count). The van der Waals surface area contributed by atoms with E-state index in [-0.39, 0.29) is 56.4 Å². The second-order valence-corrected chi connectivity index (χ2v) is 0. The topological polar surface area (TPSA) is 45.6 Å². The van der Waals surface area contributed by atoms with E-state index < -0.39 is 0 Å². The van der Waals surface area contributed by atoms with Crippen LogP contribution in [0.1, 0.15) is 0 Å². The Kier molecular flexibility index (Phi) is 107. The molecule has 0 bridgehead atoms. The van der Waals surface area contributed by atoms with Gasteiger partial charge in [0.2, 0.25) is 0 Å². The molecule has 0 saturated carbocycles. The molecule has 0 aliphatic carbocycles. The van der Waals surface area contributed by atoms with Crippen LogP contribution in [-0.4, -0.2) is 24.7 Å². The van der Waals surface area contributed by atoms with E-state index in [9.17, 15) is 0 Å². The van der Waals surface area contributed by atoms with E-state index in [4.69, 9.17) is 2.81 Å². The van der Waals surface area contributed by atoms with Gasteiger partial charge in [-0.3, -0.25) is 0 Å². The molecule has 0 amide bonds. The van der Waals surface area contributed by atoms with E-state index in [0.717, 1.165) is 0 Å². The minimum atomic E-state index is 0. The molecular weight excluding hydrogens is 332 g/mol. The van der Waals surface area contributed by atoms with E-state index in [2.05, 4.69) is 0 Å². The van der Waals surface area contributed by atoms with Crippen molar-refractivity contribution >= 4 is 24.7 Å². The number of hydrogen-bond acceptors (Lipinski definition) is 1. The summed E-state index contributed by atoms with van der Waals surface area (Å²) in [6.45, 7) is 0. The molecule has 0 heterocycles. The van der Waals surface area contributed by atoms with Crippen LogP contribution in [0.15, 0.2) is 0 Å². The normalized spacial score (nSPS) is 1.00. The molecular formula is BiO2Zr+3. The third-order valence-corrected chi connectivity index (χ3v) is 0. The van der Waals surface area contributed by atoms with Crippen molar-refractivity contribution in [2.45, 2.75) is 0 Å². The van der Waals surface area contributed by atoms with Gasteiger partial charge in [-0.2, -0.15) is 0 Å². The molecule has 0 spiro atoms. The fourth-order valence-electron chi connectivity index (χ4n) is 0. The van der Waals surface area contributed by atoms with Crippen molar-refractivity contribution in [1.29, 1.82) is 0 Å². The third-order valence-electron chi connectivity index (χ3n) is 0. The molecule has 0 aliphatic heterocycles. The fraction of sp³-hybridized carbons (Fsp3) is 0. The van der Waals surface area contributed by atoms with E-state index >= 15 is 0 Å². The van der Waals surface area contributed by atoms with Gasteiger partial charge < -0.3 is 5.48 Å². The largest absolute Gasteiger partial charge is 4.00 e. The van der Waals surface area contributed by atoms with Crippen LogP contribution in [-0.2, 0) is 34.5 Å². The van der Waals surface area contributed by atoms with Crippen LogP contribution in [0.5, 0.6) is 0 Å². The fourth-order valence-corrected chi connectivity index (χ4v) is 0. The summed E-state index contributed by atoms with van der Waals surface area (Å²) in [7, 11) is 0. The van der Waals surface area contributed by atoms with Crippen molar-refractivity contribution in [3.63, 3.8) is 0 Å². The maximum atomic E-state index is 8.36. The molecule has 0 fully saturated rings. The quantitative estimate of drug-likeness (QED) is 0.546. The molecule has 0 saturated heterocycles. The maximum Gasteiger partial charge on any atom is 4.00 e. The van der Waals surface area contributed by atoms with Crippen LogP contribution >= 0.6 is 0 Å². The number of rotatable bonds is 0. The van der Waals surface area contributed by atoms with Gasteiger partial charge in [0, 0.05) is 0 Å². The molecule has 4 heavy (non-hydrogen) atoms. The van der Waals surface area contributed by atoms with Crippen molar-refractivity contribution in [3.8, 4) is 0 Å². The molecule has 0 aromatic rings. The summed E-state index contributed by atoms with van der Waals surface area (Å²) in [5, 5.41) is 0. The van der Waals surface area contributed by atoms with Crippen LogP contribution in [0.2, 0.25) is 0 Å².